The molecule has 2 aromatic rings. The zero-order valence-electron chi connectivity index (χ0n) is 13.6. The van der Waals surface area contributed by atoms with Gasteiger partial charge in [0.05, 0.1) is 18.7 Å². The van der Waals surface area contributed by atoms with Gasteiger partial charge in [-0.05, 0) is 44.0 Å². The number of likely N-dealkylation sites (tertiary alicyclic amines) is 1. The highest BCUT2D eigenvalue weighted by molar-refractivity contribution is 5.95. The van der Waals surface area contributed by atoms with Crippen LogP contribution in [0.4, 0.5) is 0 Å². The molecule has 23 heavy (non-hydrogen) atoms. The topological polar surface area (TPSA) is 51.7 Å². The Balaban J connectivity index is 1.80. The van der Waals surface area contributed by atoms with Crippen molar-refractivity contribution in [2.24, 2.45) is 0 Å². The van der Waals surface area contributed by atoms with Gasteiger partial charge in [-0.2, -0.15) is 0 Å². The third-order valence-electron chi connectivity index (χ3n) is 4.18. The molecule has 1 aliphatic rings. The molecule has 0 aliphatic carbocycles. The van der Waals surface area contributed by atoms with E-state index in [0.29, 0.717) is 18.8 Å². The summed E-state index contributed by atoms with van der Waals surface area (Å²) < 4.78 is 10.9. The Bertz CT molecular complexity index is 700. The van der Waals surface area contributed by atoms with E-state index in [9.17, 15) is 4.79 Å². The molecule has 1 aromatic heterocycles. The monoisotopic (exact) mass is 314 g/mol. The molecule has 5 heteroatoms. The van der Waals surface area contributed by atoms with E-state index in [-0.39, 0.29) is 12.0 Å². The molecule has 0 N–H and O–H groups in total. The zero-order valence-corrected chi connectivity index (χ0v) is 13.6. The molecular formula is C18H22N2O3. The Hall–Kier alpha value is -2.14. The van der Waals surface area contributed by atoms with Gasteiger partial charge in [0.1, 0.15) is 11.4 Å². The van der Waals surface area contributed by atoms with E-state index in [1.807, 2.05) is 36.1 Å². The highest BCUT2D eigenvalue weighted by Gasteiger charge is 2.25. The van der Waals surface area contributed by atoms with Gasteiger partial charge in [0, 0.05) is 25.1 Å². The standard InChI is InChI=1S/C18H22N2O3/c1-3-23-15-5-4-10-20(12-15)18(21)17-8-6-13-11-14(22-2)7-9-16(13)19-17/h6-9,11,15H,3-5,10,12H2,1-2H3. The SMILES string of the molecule is CCOC1CCCN(C(=O)c2ccc3cc(OC)ccc3n2)C1. The van der Waals surface area contributed by atoms with Crippen LogP contribution in [0.1, 0.15) is 30.3 Å². The first-order chi connectivity index (χ1) is 11.2. The number of carbonyl (C=O) groups is 1. The summed E-state index contributed by atoms with van der Waals surface area (Å²) in [5.74, 6) is 0.765. The summed E-state index contributed by atoms with van der Waals surface area (Å²) in [4.78, 5) is 19.1. The first-order valence-electron chi connectivity index (χ1n) is 8.07. The normalized spacial score (nSPS) is 18.2. The fourth-order valence-corrected chi connectivity index (χ4v) is 3.01. The van der Waals surface area contributed by atoms with Crippen molar-refractivity contribution in [1.82, 2.24) is 9.88 Å². The van der Waals surface area contributed by atoms with Crippen molar-refractivity contribution < 1.29 is 14.3 Å². The Morgan fingerprint density at radius 3 is 3.00 bits per heavy atom. The summed E-state index contributed by atoms with van der Waals surface area (Å²) >= 11 is 0. The molecule has 0 radical (unpaired) electrons. The summed E-state index contributed by atoms with van der Waals surface area (Å²) in [6.07, 6.45) is 2.13. The van der Waals surface area contributed by atoms with Crippen molar-refractivity contribution in [3.8, 4) is 5.75 Å². The number of fused-ring (bicyclic) bond motifs is 1. The van der Waals surface area contributed by atoms with Crippen LogP contribution in [-0.2, 0) is 4.74 Å². The lowest BCUT2D eigenvalue weighted by Gasteiger charge is -2.32. The highest BCUT2D eigenvalue weighted by atomic mass is 16.5. The number of rotatable bonds is 4. The molecular weight excluding hydrogens is 292 g/mol. The molecule has 0 bridgehead atoms. The van der Waals surface area contributed by atoms with E-state index >= 15 is 0 Å². The van der Waals surface area contributed by atoms with E-state index in [0.717, 1.165) is 36.0 Å². The third-order valence-corrected chi connectivity index (χ3v) is 4.18. The van der Waals surface area contributed by atoms with E-state index < -0.39 is 0 Å². The third kappa shape index (κ3) is 3.45. The summed E-state index contributed by atoms with van der Waals surface area (Å²) in [7, 11) is 1.64. The minimum Gasteiger partial charge on any atom is -0.497 e. The van der Waals surface area contributed by atoms with E-state index in [1.165, 1.54) is 0 Å². The summed E-state index contributed by atoms with van der Waals surface area (Å²) in [6, 6.07) is 9.36. The second-order valence-electron chi connectivity index (χ2n) is 5.73. The van der Waals surface area contributed by atoms with Crippen LogP contribution in [0.3, 0.4) is 0 Å². The molecule has 0 saturated carbocycles. The molecule has 5 nitrogen and oxygen atoms in total. The van der Waals surface area contributed by atoms with Crippen LogP contribution in [0.15, 0.2) is 30.3 Å². The molecule has 1 amide bonds. The number of pyridine rings is 1. The van der Waals surface area contributed by atoms with Crippen molar-refractivity contribution in [3.05, 3.63) is 36.0 Å². The number of aromatic nitrogens is 1. The number of amides is 1. The summed E-state index contributed by atoms with van der Waals surface area (Å²) in [5, 5.41) is 0.965. The fraction of sp³-hybridized carbons (Fsp3) is 0.444. The molecule has 3 rings (SSSR count). The minimum absolute atomic E-state index is 0.0212. The van der Waals surface area contributed by atoms with Crippen molar-refractivity contribution in [3.63, 3.8) is 0 Å². The minimum atomic E-state index is -0.0212. The molecule has 1 fully saturated rings. The fourth-order valence-electron chi connectivity index (χ4n) is 3.01. The number of carbonyl (C=O) groups excluding carboxylic acids is 1. The summed E-state index contributed by atoms with van der Waals surface area (Å²) in [5.41, 5.74) is 1.29. The Morgan fingerprint density at radius 2 is 2.22 bits per heavy atom. The maximum atomic E-state index is 12.7. The second kappa shape index (κ2) is 6.96. The smallest absolute Gasteiger partial charge is 0.272 e. The Kier molecular flexibility index (Phi) is 4.76. The molecule has 2 heterocycles. The van der Waals surface area contributed by atoms with Gasteiger partial charge in [-0.1, -0.05) is 6.07 Å². The van der Waals surface area contributed by atoms with Crippen LogP contribution < -0.4 is 4.74 Å². The first kappa shape index (κ1) is 15.7. The van der Waals surface area contributed by atoms with Gasteiger partial charge in [-0.15, -0.1) is 0 Å². The number of methoxy groups -OCH3 is 1. The van der Waals surface area contributed by atoms with Gasteiger partial charge in [-0.3, -0.25) is 4.79 Å². The van der Waals surface area contributed by atoms with Gasteiger partial charge >= 0.3 is 0 Å². The predicted octanol–water partition coefficient (Wildman–Crippen LogP) is 2.88. The number of ether oxygens (including phenoxy) is 2. The predicted molar refractivity (Wildman–Crippen MR) is 88.8 cm³/mol. The maximum absolute atomic E-state index is 12.7. The largest absolute Gasteiger partial charge is 0.497 e. The average Bonchev–Trinajstić information content (AvgIpc) is 2.60. The molecule has 1 saturated heterocycles. The molecule has 1 atom stereocenters. The van der Waals surface area contributed by atoms with Crippen LogP contribution in [0.2, 0.25) is 0 Å². The van der Waals surface area contributed by atoms with Gasteiger partial charge < -0.3 is 14.4 Å². The lowest BCUT2D eigenvalue weighted by molar-refractivity contribution is 0.00705. The van der Waals surface area contributed by atoms with E-state index in [1.54, 1.807) is 13.2 Å². The zero-order chi connectivity index (χ0) is 16.2. The molecule has 0 spiro atoms. The second-order valence-corrected chi connectivity index (χ2v) is 5.73. The number of hydrogen-bond donors (Lipinski definition) is 0. The highest BCUT2D eigenvalue weighted by Crippen LogP contribution is 2.21. The van der Waals surface area contributed by atoms with Gasteiger partial charge in [0.15, 0.2) is 0 Å². The molecule has 122 valence electrons. The van der Waals surface area contributed by atoms with Crippen molar-refractivity contribution in [2.75, 3.05) is 26.8 Å². The van der Waals surface area contributed by atoms with Crippen LogP contribution >= 0.6 is 0 Å². The van der Waals surface area contributed by atoms with Crippen LogP contribution in [0.5, 0.6) is 5.75 Å². The van der Waals surface area contributed by atoms with Gasteiger partial charge in [0.2, 0.25) is 0 Å². The maximum Gasteiger partial charge on any atom is 0.272 e. The van der Waals surface area contributed by atoms with E-state index in [2.05, 4.69) is 4.98 Å². The van der Waals surface area contributed by atoms with Crippen molar-refractivity contribution >= 4 is 16.8 Å². The van der Waals surface area contributed by atoms with Crippen LogP contribution in [0.25, 0.3) is 10.9 Å². The number of piperidine rings is 1. The summed E-state index contributed by atoms with van der Waals surface area (Å²) in [6.45, 7) is 4.09. The van der Waals surface area contributed by atoms with Gasteiger partial charge in [-0.25, -0.2) is 4.98 Å². The van der Waals surface area contributed by atoms with E-state index in [4.69, 9.17) is 9.47 Å². The molecule has 1 aromatic carbocycles. The van der Waals surface area contributed by atoms with Gasteiger partial charge in [0.25, 0.3) is 5.91 Å². The Labute approximate surface area is 136 Å². The van der Waals surface area contributed by atoms with Crippen LogP contribution in [-0.4, -0.2) is 48.7 Å². The Morgan fingerprint density at radius 1 is 1.35 bits per heavy atom. The number of benzene rings is 1. The quantitative estimate of drug-likeness (QED) is 0.871. The average molecular weight is 314 g/mol. The lowest BCUT2D eigenvalue weighted by Crippen LogP contribution is -2.43. The lowest BCUT2D eigenvalue weighted by atomic mass is 10.1. The van der Waals surface area contributed by atoms with Crippen molar-refractivity contribution in [2.45, 2.75) is 25.9 Å². The molecule has 1 unspecified atom stereocenters. The number of nitrogens with zero attached hydrogens (tertiary/aromatic N) is 2. The molecule has 1 aliphatic heterocycles. The number of hydrogen-bond acceptors (Lipinski definition) is 4. The van der Waals surface area contributed by atoms with Crippen molar-refractivity contribution in [1.29, 1.82) is 0 Å². The first-order valence-corrected chi connectivity index (χ1v) is 8.07. The van der Waals surface area contributed by atoms with Crippen LogP contribution in [0, 0.1) is 0 Å².